The number of ether oxygens (including phenoxy) is 1. The highest BCUT2D eigenvalue weighted by Crippen LogP contribution is 2.15. The smallest absolute Gasteiger partial charge is 0.169 e. The van der Waals surface area contributed by atoms with Gasteiger partial charge in [0.25, 0.3) is 0 Å². The molecule has 1 fully saturated rings. The molecule has 0 aromatic rings. The number of piperazine rings is 1. The Bertz CT molecular complexity index is 245. The van der Waals surface area contributed by atoms with E-state index < -0.39 is 0 Å². The maximum atomic E-state index is 5.36. The van der Waals surface area contributed by atoms with Gasteiger partial charge in [-0.1, -0.05) is 0 Å². The summed E-state index contributed by atoms with van der Waals surface area (Å²) in [7, 11) is 1.70. The number of rotatable bonds is 3. The van der Waals surface area contributed by atoms with Gasteiger partial charge in [-0.3, -0.25) is 4.90 Å². The van der Waals surface area contributed by atoms with Gasteiger partial charge in [0.1, 0.15) is 0 Å². The van der Waals surface area contributed by atoms with Crippen molar-refractivity contribution in [2.75, 3.05) is 46.4 Å². The van der Waals surface area contributed by atoms with Crippen LogP contribution >= 0.6 is 12.2 Å². The van der Waals surface area contributed by atoms with Crippen molar-refractivity contribution in [2.24, 2.45) is 0 Å². The number of nitrogens with zero attached hydrogens (tertiary/aromatic N) is 2. The van der Waals surface area contributed by atoms with Crippen molar-refractivity contribution in [3.05, 3.63) is 0 Å². The van der Waals surface area contributed by atoms with Gasteiger partial charge in [0.05, 0.1) is 6.61 Å². The number of methoxy groups -OCH3 is 1. The molecule has 0 saturated carbocycles. The van der Waals surface area contributed by atoms with E-state index in [-0.39, 0.29) is 5.54 Å². The van der Waals surface area contributed by atoms with Crippen LogP contribution in [0.1, 0.15) is 20.8 Å². The molecule has 0 bridgehead atoms. The Kier molecular flexibility index (Phi) is 5.62. The van der Waals surface area contributed by atoms with E-state index >= 15 is 0 Å². The normalized spacial score (nSPS) is 18.2. The second-order valence-corrected chi connectivity index (χ2v) is 5.76. The third-order valence-electron chi connectivity index (χ3n) is 3.10. The molecule has 1 N–H and O–H groups in total. The largest absolute Gasteiger partial charge is 0.383 e. The molecule has 1 saturated heterocycles. The van der Waals surface area contributed by atoms with Gasteiger partial charge in [-0.2, -0.15) is 0 Å². The Morgan fingerprint density at radius 2 is 1.82 bits per heavy atom. The minimum atomic E-state index is 0.261. The van der Waals surface area contributed by atoms with Crippen LogP contribution in [-0.2, 0) is 4.74 Å². The number of nitrogens with one attached hydrogen (secondary N) is 1. The van der Waals surface area contributed by atoms with Gasteiger partial charge in [0, 0.05) is 45.4 Å². The second kappa shape index (κ2) is 6.52. The lowest BCUT2D eigenvalue weighted by atomic mass is 10.1. The van der Waals surface area contributed by atoms with Crippen LogP contribution in [0.25, 0.3) is 0 Å². The van der Waals surface area contributed by atoms with Crippen molar-refractivity contribution < 1.29 is 4.74 Å². The van der Waals surface area contributed by atoms with Crippen LogP contribution in [0.3, 0.4) is 0 Å². The predicted molar refractivity (Wildman–Crippen MR) is 75.4 cm³/mol. The van der Waals surface area contributed by atoms with E-state index in [0.29, 0.717) is 6.61 Å². The molecule has 0 unspecified atom stereocenters. The van der Waals surface area contributed by atoms with Crippen LogP contribution in [0.4, 0.5) is 0 Å². The molecule has 0 aromatic heterocycles. The summed E-state index contributed by atoms with van der Waals surface area (Å²) in [6.45, 7) is 12.4. The van der Waals surface area contributed by atoms with Gasteiger partial charge in [-0.05, 0) is 33.0 Å². The lowest BCUT2D eigenvalue weighted by Gasteiger charge is -2.43. The van der Waals surface area contributed by atoms with Gasteiger partial charge in [0.15, 0.2) is 5.11 Å². The minimum absolute atomic E-state index is 0.261. The van der Waals surface area contributed by atoms with E-state index in [9.17, 15) is 0 Å². The molecule has 0 aromatic carbocycles. The van der Waals surface area contributed by atoms with E-state index in [1.54, 1.807) is 7.11 Å². The average molecular weight is 259 g/mol. The molecule has 17 heavy (non-hydrogen) atoms. The van der Waals surface area contributed by atoms with Crippen LogP contribution < -0.4 is 5.32 Å². The van der Waals surface area contributed by atoms with Gasteiger partial charge < -0.3 is 15.0 Å². The van der Waals surface area contributed by atoms with Crippen LogP contribution in [-0.4, -0.2) is 66.9 Å². The molecular weight excluding hydrogens is 234 g/mol. The van der Waals surface area contributed by atoms with Crippen molar-refractivity contribution in [3.63, 3.8) is 0 Å². The molecule has 0 aliphatic carbocycles. The van der Waals surface area contributed by atoms with Crippen LogP contribution in [0.15, 0.2) is 0 Å². The Labute approximate surface area is 110 Å². The molecule has 0 spiro atoms. The highest BCUT2D eigenvalue weighted by Gasteiger charge is 2.26. The molecule has 1 heterocycles. The van der Waals surface area contributed by atoms with Crippen LogP contribution in [0, 0.1) is 0 Å². The first-order chi connectivity index (χ1) is 7.95. The van der Waals surface area contributed by atoms with E-state index in [0.717, 1.165) is 37.8 Å². The van der Waals surface area contributed by atoms with Crippen molar-refractivity contribution in [1.82, 2.24) is 15.1 Å². The van der Waals surface area contributed by atoms with E-state index in [1.165, 1.54) is 0 Å². The summed E-state index contributed by atoms with van der Waals surface area (Å²) >= 11 is 5.36. The fourth-order valence-electron chi connectivity index (χ4n) is 1.95. The summed E-state index contributed by atoms with van der Waals surface area (Å²) in [6.07, 6.45) is 0. The topological polar surface area (TPSA) is 27.7 Å². The van der Waals surface area contributed by atoms with E-state index in [4.69, 9.17) is 17.0 Å². The van der Waals surface area contributed by atoms with E-state index in [1.807, 2.05) is 0 Å². The minimum Gasteiger partial charge on any atom is -0.383 e. The number of thiocarbonyl (C=S) groups is 1. The monoisotopic (exact) mass is 259 g/mol. The van der Waals surface area contributed by atoms with Crippen molar-refractivity contribution in [3.8, 4) is 0 Å². The molecule has 100 valence electrons. The molecule has 1 aliphatic heterocycles. The Morgan fingerprint density at radius 1 is 1.24 bits per heavy atom. The lowest BCUT2D eigenvalue weighted by molar-refractivity contribution is 0.0878. The van der Waals surface area contributed by atoms with Crippen molar-refractivity contribution in [2.45, 2.75) is 26.3 Å². The summed E-state index contributed by atoms with van der Waals surface area (Å²) in [5.74, 6) is 0. The highest BCUT2D eigenvalue weighted by molar-refractivity contribution is 7.80. The van der Waals surface area contributed by atoms with Gasteiger partial charge in [0.2, 0.25) is 0 Å². The molecular formula is C12H25N3OS. The summed E-state index contributed by atoms with van der Waals surface area (Å²) in [4.78, 5) is 4.74. The molecule has 0 atom stereocenters. The summed E-state index contributed by atoms with van der Waals surface area (Å²) in [6, 6.07) is 0. The third-order valence-corrected chi connectivity index (χ3v) is 3.50. The van der Waals surface area contributed by atoms with Gasteiger partial charge in [-0.25, -0.2) is 0 Å². The first kappa shape index (κ1) is 14.7. The molecule has 0 radical (unpaired) electrons. The van der Waals surface area contributed by atoms with E-state index in [2.05, 4.69) is 35.9 Å². The van der Waals surface area contributed by atoms with Crippen molar-refractivity contribution in [1.29, 1.82) is 0 Å². The zero-order valence-electron chi connectivity index (χ0n) is 11.5. The van der Waals surface area contributed by atoms with Crippen molar-refractivity contribution >= 4 is 17.3 Å². The molecule has 4 nitrogen and oxygen atoms in total. The first-order valence-electron chi connectivity index (χ1n) is 6.22. The van der Waals surface area contributed by atoms with Crippen LogP contribution in [0.2, 0.25) is 0 Å². The Hall–Kier alpha value is -0.390. The Balaban J connectivity index is 2.29. The molecule has 0 amide bonds. The number of hydrogen-bond donors (Lipinski definition) is 1. The highest BCUT2D eigenvalue weighted by atomic mass is 32.1. The fourth-order valence-corrected chi connectivity index (χ4v) is 2.24. The standard InChI is InChI=1S/C12H25N3OS/c1-12(2,3)15-8-6-14(7-9-15)11(17)13-5-10-16-4/h5-10H2,1-4H3,(H,13,17). The third kappa shape index (κ3) is 4.77. The molecule has 5 heteroatoms. The lowest BCUT2D eigenvalue weighted by Crippen LogP contribution is -2.56. The number of hydrogen-bond acceptors (Lipinski definition) is 3. The summed E-state index contributed by atoms with van der Waals surface area (Å²) < 4.78 is 4.99. The zero-order chi connectivity index (χ0) is 12.9. The zero-order valence-corrected chi connectivity index (χ0v) is 12.3. The van der Waals surface area contributed by atoms with Crippen LogP contribution in [0.5, 0.6) is 0 Å². The summed E-state index contributed by atoms with van der Waals surface area (Å²) in [5, 5.41) is 4.08. The average Bonchev–Trinajstić information content (AvgIpc) is 2.28. The van der Waals surface area contributed by atoms with Gasteiger partial charge in [-0.15, -0.1) is 0 Å². The fraction of sp³-hybridized carbons (Fsp3) is 0.917. The SMILES string of the molecule is COCCNC(=S)N1CCN(C(C)(C)C)CC1. The summed E-state index contributed by atoms with van der Waals surface area (Å²) in [5.41, 5.74) is 0.261. The second-order valence-electron chi connectivity index (χ2n) is 5.37. The predicted octanol–water partition coefficient (Wildman–Crippen LogP) is 0.923. The molecule has 1 aliphatic rings. The quantitative estimate of drug-likeness (QED) is 0.601. The Morgan fingerprint density at radius 3 is 2.29 bits per heavy atom. The maximum absolute atomic E-state index is 5.36. The maximum Gasteiger partial charge on any atom is 0.169 e. The molecule has 1 rings (SSSR count). The first-order valence-corrected chi connectivity index (χ1v) is 6.62. The van der Waals surface area contributed by atoms with Gasteiger partial charge >= 0.3 is 0 Å².